The minimum atomic E-state index is -3.02. The van der Waals surface area contributed by atoms with Gasteiger partial charge in [0, 0.05) is 29.9 Å². The van der Waals surface area contributed by atoms with E-state index < -0.39 is 9.84 Å². The van der Waals surface area contributed by atoms with Crippen molar-refractivity contribution in [1.82, 2.24) is 4.57 Å². The molecule has 0 aliphatic rings. The molecule has 0 bridgehead atoms. The molecule has 2 rings (SSSR count). The van der Waals surface area contributed by atoms with Gasteiger partial charge in [0.05, 0.1) is 11.3 Å². The van der Waals surface area contributed by atoms with Gasteiger partial charge in [0.2, 0.25) is 0 Å². The number of rotatable bonds is 5. The Morgan fingerprint density at radius 2 is 2.00 bits per heavy atom. The van der Waals surface area contributed by atoms with Crippen molar-refractivity contribution in [3.05, 3.63) is 35.5 Å². The van der Waals surface area contributed by atoms with Gasteiger partial charge in [-0.1, -0.05) is 25.1 Å². The van der Waals surface area contributed by atoms with Gasteiger partial charge in [-0.3, -0.25) is 0 Å². The van der Waals surface area contributed by atoms with Gasteiger partial charge in [-0.05, 0) is 18.6 Å². The minimum absolute atomic E-state index is 0.0933. The molecule has 2 N–H and O–H groups in total. The summed E-state index contributed by atoms with van der Waals surface area (Å²) in [6, 6.07) is 7.92. The predicted molar refractivity (Wildman–Crippen MR) is 78.7 cm³/mol. The lowest BCUT2D eigenvalue weighted by molar-refractivity contribution is 0.594. The fourth-order valence-electron chi connectivity index (χ4n) is 2.43. The van der Waals surface area contributed by atoms with E-state index in [1.54, 1.807) is 6.92 Å². The van der Waals surface area contributed by atoms with Crippen LogP contribution in [-0.4, -0.2) is 18.7 Å². The minimum Gasteiger partial charge on any atom is -0.344 e. The third kappa shape index (κ3) is 2.67. The summed E-state index contributed by atoms with van der Waals surface area (Å²) < 4.78 is 25.7. The van der Waals surface area contributed by atoms with E-state index in [0.29, 0.717) is 6.54 Å². The zero-order valence-electron chi connectivity index (χ0n) is 11.4. The van der Waals surface area contributed by atoms with Crippen molar-refractivity contribution in [1.29, 1.82) is 0 Å². The van der Waals surface area contributed by atoms with Crippen LogP contribution in [0.2, 0.25) is 0 Å². The Balaban J connectivity index is 2.63. The van der Waals surface area contributed by atoms with E-state index in [4.69, 9.17) is 5.73 Å². The van der Waals surface area contributed by atoms with Crippen molar-refractivity contribution >= 4 is 20.7 Å². The maximum Gasteiger partial charge on any atom is 0.155 e. The lowest BCUT2D eigenvalue weighted by Gasteiger charge is -2.10. The zero-order chi connectivity index (χ0) is 14.0. The van der Waals surface area contributed by atoms with E-state index in [9.17, 15) is 8.42 Å². The highest BCUT2D eigenvalue weighted by atomic mass is 32.2. The summed E-state index contributed by atoms with van der Waals surface area (Å²) in [7, 11) is -3.02. The second-order valence-electron chi connectivity index (χ2n) is 4.62. The number of fused-ring (bicyclic) bond motifs is 1. The highest BCUT2D eigenvalue weighted by molar-refractivity contribution is 7.90. The summed E-state index contributed by atoms with van der Waals surface area (Å²) in [6.07, 6.45) is 0. The molecule has 1 heterocycles. The Labute approximate surface area is 114 Å². The Morgan fingerprint density at radius 1 is 1.26 bits per heavy atom. The predicted octanol–water partition coefficient (Wildman–Crippen LogP) is 2.05. The number of nitrogens with zero attached hydrogens (tertiary/aromatic N) is 1. The summed E-state index contributed by atoms with van der Waals surface area (Å²) in [6.45, 7) is 4.91. The molecular weight excluding hydrogens is 260 g/mol. The van der Waals surface area contributed by atoms with Crippen LogP contribution in [-0.2, 0) is 28.7 Å². The summed E-state index contributed by atoms with van der Waals surface area (Å²) in [5.74, 6) is 0.262. The second kappa shape index (κ2) is 5.35. The highest BCUT2D eigenvalue weighted by Crippen LogP contribution is 2.25. The van der Waals surface area contributed by atoms with Gasteiger partial charge in [0.15, 0.2) is 9.84 Å². The first-order chi connectivity index (χ1) is 9.02. The quantitative estimate of drug-likeness (QED) is 0.911. The maximum absolute atomic E-state index is 11.8. The van der Waals surface area contributed by atoms with Crippen molar-refractivity contribution in [2.45, 2.75) is 32.7 Å². The Hall–Kier alpha value is -1.33. The van der Waals surface area contributed by atoms with E-state index in [-0.39, 0.29) is 11.5 Å². The highest BCUT2D eigenvalue weighted by Gasteiger charge is 2.16. The first kappa shape index (κ1) is 14.1. The molecule has 2 aromatic rings. The smallest absolute Gasteiger partial charge is 0.155 e. The van der Waals surface area contributed by atoms with E-state index >= 15 is 0 Å². The molecule has 5 heteroatoms. The van der Waals surface area contributed by atoms with E-state index in [2.05, 4.69) is 4.57 Å². The monoisotopic (exact) mass is 280 g/mol. The van der Waals surface area contributed by atoms with Gasteiger partial charge >= 0.3 is 0 Å². The van der Waals surface area contributed by atoms with Crippen LogP contribution in [0.5, 0.6) is 0 Å². The lowest BCUT2D eigenvalue weighted by Crippen LogP contribution is -2.11. The molecule has 0 fully saturated rings. The van der Waals surface area contributed by atoms with Crippen LogP contribution in [0.1, 0.15) is 25.1 Å². The van der Waals surface area contributed by atoms with Gasteiger partial charge in [0.1, 0.15) is 0 Å². The van der Waals surface area contributed by atoms with Gasteiger partial charge < -0.3 is 10.3 Å². The lowest BCUT2D eigenvalue weighted by atomic mass is 10.1. The molecule has 0 spiro atoms. The molecule has 0 aliphatic heterocycles. The normalized spacial score (nSPS) is 12.2. The molecule has 0 radical (unpaired) electrons. The molecular formula is C14H20N2O2S. The van der Waals surface area contributed by atoms with Crippen LogP contribution < -0.4 is 5.73 Å². The molecule has 0 atom stereocenters. The molecule has 1 aromatic heterocycles. The van der Waals surface area contributed by atoms with E-state index in [1.165, 1.54) is 0 Å². The summed E-state index contributed by atoms with van der Waals surface area (Å²) in [5.41, 5.74) is 8.74. The van der Waals surface area contributed by atoms with Gasteiger partial charge in [-0.2, -0.15) is 0 Å². The fraction of sp³-hybridized carbons (Fsp3) is 0.429. The van der Waals surface area contributed by atoms with Crippen molar-refractivity contribution in [3.63, 3.8) is 0 Å². The molecule has 0 unspecified atom stereocenters. The number of aromatic nitrogens is 1. The van der Waals surface area contributed by atoms with Crippen LogP contribution in [0.3, 0.4) is 0 Å². The van der Waals surface area contributed by atoms with Gasteiger partial charge in [0.25, 0.3) is 0 Å². The standard InChI is InChI=1S/C14H20N2O2S/c1-3-16-13(10-19(17,18)4-2)8-11-6-5-7-12(9-15)14(11)16/h5-8H,3-4,9-10,15H2,1-2H3. The number of sulfone groups is 1. The van der Waals surface area contributed by atoms with Crippen LogP contribution in [0.25, 0.3) is 10.9 Å². The zero-order valence-corrected chi connectivity index (χ0v) is 12.2. The average Bonchev–Trinajstić information content (AvgIpc) is 2.74. The van der Waals surface area contributed by atoms with Crippen molar-refractivity contribution in [2.75, 3.05) is 5.75 Å². The molecule has 19 heavy (non-hydrogen) atoms. The number of benzene rings is 1. The largest absolute Gasteiger partial charge is 0.344 e. The first-order valence-electron chi connectivity index (χ1n) is 6.53. The van der Waals surface area contributed by atoms with Gasteiger partial charge in [-0.25, -0.2) is 8.42 Å². The van der Waals surface area contributed by atoms with E-state index in [0.717, 1.165) is 28.7 Å². The molecule has 104 valence electrons. The number of hydrogen-bond donors (Lipinski definition) is 1. The number of hydrogen-bond acceptors (Lipinski definition) is 3. The molecule has 4 nitrogen and oxygen atoms in total. The van der Waals surface area contributed by atoms with Crippen molar-refractivity contribution < 1.29 is 8.42 Å². The Kier molecular flexibility index (Phi) is 3.96. The maximum atomic E-state index is 11.8. The first-order valence-corrected chi connectivity index (χ1v) is 8.35. The van der Waals surface area contributed by atoms with Gasteiger partial charge in [-0.15, -0.1) is 0 Å². The Morgan fingerprint density at radius 3 is 2.58 bits per heavy atom. The third-order valence-electron chi connectivity index (χ3n) is 3.43. The second-order valence-corrected chi connectivity index (χ2v) is 6.97. The number of aryl methyl sites for hydroxylation is 1. The molecule has 0 saturated heterocycles. The van der Waals surface area contributed by atoms with Crippen LogP contribution >= 0.6 is 0 Å². The average molecular weight is 280 g/mol. The third-order valence-corrected chi connectivity index (χ3v) is 5.05. The van der Waals surface area contributed by atoms with Crippen LogP contribution in [0.15, 0.2) is 24.3 Å². The molecule has 0 saturated carbocycles. The van der Waals surface area contributed by atoms with Crippen molar-refractivity contribution in [3.8, 4) is 0 Å². The molecule has 0 aliphatic carbocycles. The number of para-hydroxylation sites is 1. The topological polar surface area (TPSA) is 65.1 Å². The fourth-order valence-corrected chi connectivity index (χ4v) is 3.32. The SMILES string of the molecule is CCn1c(CS(=O)(=O)CC)cc2cccc(CN)c21. The van der Waals surface area contributed by atoms with Crippen LogP contribution in [0.4, 0.5) is 0 Å². The molecule has 0 amide bonds. The van der Waals surface area contributed by atoms with E-state index in [1.807, 2.05) is 31.2 Å². The van der Waals surface area contributed by atoms with Crippen molar-refractivity contribution in [2.24, 2.45) is 5.73 Å². The van der Waals surface area contributed by atoms with Crippen LogP contribution in [0, 0.1) is 0 Å². The Bertz CT molecular complexity index is 687. The summed E-state index contributed by atoms with van der Waals surface area (Å²) >= 11 is 0. The summed E-state index contributed by atoms with van der Waals surface area (Å²) in [5, 5.41) is 1.06. The molecule has 1 aromatic carbocycles. The number of nitrogens with two attached hydrogens (primary N) is 1. The summed E-state index contributed by atoms with van der Waals surface area (Å²) in [4.78, 5) is 0.